The number of rotatable bonds is 3. The van der Waals surface area contributed by atoms with Gasteiger partial charge in [0.2, 0.25) is 5.91 Å². The number of nitrogens with one attached hydrogen (secondary N) is 1. The van der Waals surface area contributed by atoms with Gasteiger partial charge in [0.25, 0.3) is 0 Å². The molecule has 0 bridgehead atoms. The molecule has 19 heavy (non-hydrogen) atoms. The summed E-state index contributed by atoms with van der Waals surface area (Å²) in [6.07, 6.45) is 1.92. The van der Waals surface area contributed by atoms with Crippen LogP contribution < -0.4 is 5.32 Å². The molecule has 2 unspecified atom stereocenters. The van der Waals surface area contributed by atoms with E-state index in [9.17, 15) is 9.18 Å². The van der Waals surface area contributed by atoms with Crippen molar-refractivity contribution < 1.29 is 9.18 Å². The molecule has 1 aliphatic heterocycles. The highest BCUT2D eigenvalue weighted by atomic mass is 19.1. The van der Waals surface area contributed by atoms with E-state index in [4.69, 9.17) is 0 Å². The lowest BCUT2D eigenvalue weighted by molar-refractivity contribution is -0.120. The minimum atomic E-state index is -0.194. The van der Waals surface area contributed by atoms with Crippen LogP contribution in [0.1, 0.15) is 18.9 Å². The molecule has 0 radical (unpaired) electrons. The summed E-state index contributed by atoms with van der Waals surface area (Å²) in [6.45, 7) is 3.48. The molecule has 0 saturated carbocycles. The first-order valence-corrected chi connectivity index (χ1v) is 6.73. The van der Waals surface area contributed by atoms with Crippen LogP contribution >= 0.6 is 0 Å². The second kappa shape index (κ2) is 6.15. The van der Waals surface area contributed by atoms with Crippen molar-refractivity contribution in [3.05, 3.63) is 35.6 Å². The average molecular weight is 264 g/mol. The third-order valence-corrected chi connectivity index (χ3v) is 3.56. The van der Waals surface area contributed by atoms with Gasteiger partial charge < -0.3 is 10.2 Å². The number of halogens is 1. The first kappa shape index (κ1) is 14.0. The van der Waals surface area contributed by atoms with Crippen molar-refractivity contribution in [3.63, 3.8) is 0 Å². The molecule has 1 aliphatic rings. The van der Waals surface area contributed by atoms with E-state index in [0.717, 1.165) is 31.5 Å². The van der Waals surface area contributed by atoms with Gasteiger partial charge in [0, 0.05) is 26.1 Å². The van der Waals surface area contributed by atoms with Gasteiger partial charge in [-0.3, -0.25) is 4.79 Å². The van der Waals surface area contributed by atoms with E-state index >= 15 is 0 Å². The Kier molecular flexibility index (Phi) is 4.53. The van der Waals surface area contributed by atoms with Crippen LogP contribution in [0.5, 0.6) is 0 Å². The Morgan fingerprint density at radius 1 is 1.37 bits per heavy atom. The first-order chi connectivity index (χ1) is 9.02. The summed E-state index contributed by atoms with van der Waals surface area (Å²) < 4.78 is 12.9. The van der Waals surface area contributed by atoms with E-state index in [0.29, 0.717) is 5.92 Å². The summed E-state index contributed by atoms with van der Waals surface area (Å²) in [4.78, 5) is 13.4. The Morgan fingerprint density at radius 2 is 2.05 bits per heavy atom. The van der Waals surface area contributed by atoms with Gasteiger partial charge in [-0.2, -0.15) is 0 Å². The summed E-state index contributed by atoms with van der Waals surface area (Å²) in [6, 6.07) is 6.93. The maximum atomic E-state index is 12.9. The van der Waals surface area contributed by atoms with Crippen LogP contribution in [-0.4, -0.2) is 37.0 Å². The summed E-state index contributed by atoms with van der Waals surface area (Å²) in [7, 11) is 2.08. The monoisotopic (exact) mass is 264 g/mol. The van der Waals surface area contributed by atoms with Crippen molar-refractivity contribution in [3.8, 4) is 0 Å². The van der Waals surface area contributed by atoms with Crippen LogP contribution in [0.15, 0.2) is 24.3 Å². The fourth-order valence-corrected chi connectivity index (χ4v) is 2.94. The highest BCUT2D eigenvalue weighted by Gasteiger charge is 2.25. The molecular formula is C15H21FN2O. The van der Waals surface area contributed by atoms with E-state index in [2.05, 4.69) is 17.3 Å². The minimum absolute atomic E-state index is 0.0285. The zero-order valence-electron chi connectivity index (χ0n) is 11.5. The lowest BCUT2D eigenvalue weighted by atomic mass is 9.89. The van der Waals surface area contributed by atoms with Crippen molar-refractivity contribution in [2.45, 2.75) is 25.8 Å². The van der Waals surface area contributed by atoms with Crippen LogP contribution in [0, 0.1) is 11.7 Å². The number of nitrogens with zero attached hydrogens (tertiary/aromatic N) is 1. The smallest absolute Gasteiger partial charge is 0.217 e. The summed E-state index contributed by atoms with van der Waals surface area (Å²) in [5.41, 5.74) is 1.16. The highest BCUT2D eigenvalue weighted by Crippen LogP contribution is 2.20. The van der Waals surface area contributed by atoms with Gasteiger partial charge in [-0.15, -0.1) is 0 Å². The van der Waals surface area contributed by atoms with Crippen LogP contribution in [0.4, 0.5) is 4.39 Å². The Morgan fingerprint density at radius 3 is 2.68 bits per heavy atom. The van der Waals surface area contributed by atoms with E-state index in [-0.39, 0.29) is 17.8 Å². The van der Waals surface area contributed by atoms with Crippen molar-refractivity contribution in [2.24, 2.45) is 5.92 Å². The number of benzene rings is 1. The number of carbonyl (C=O) groups is 1. The maximum Gasteiger partial charge on any atom is 0.217 e. The second-order valence-corrected chi connectivity index (χ2v) is 5.55. The predicted octanol–water partition coefficient (Wildman–Crippen LogP) is 1.82. The van der Waals surface area contributed by atoms with Gasteiger partial charge in [-0.1, -0.05) is 12.1 Å². The molecule has 3 nitrogen and oxygen atoms in total. The number of amides is 1. The number of piperidine rings is 1. The quantitative estimate of drug-likeness (QED) is 0.903. The Balaban J connectivity index is 1.95. The number of likely N-dealkylation sites (tertiary alicyclic amines) is 1. The number of hydrogen-bond acceptors (Lipinski definition) is 2. The Hall–Kier alpha value is -1.42. The largest absolute Gasteiger partial charge is 0.352 e. The fourth-order valence-electron chi connectivity index (χ4n) is 2.94. The molecule has 0 spiro atoms. The third kappa shape index (κ3) is 4.31. The Bertz CT molecular complexity index is 432. The number of hydrogen-bond donors (Lipinski definition) is 1. The number of likely N-dealkylation sites (N-methyl/N-ethyl adjacent to an activating group) is 1. The molecule has 104 valence electrons. The van der Waals surface area contributed by atoms with Crippen LogP contribution in [0.2, 0.25) is 0 Å². The van der Waals surface area contributed by atoms with E-state index in [1.807, 2.05) is 12.1 Å². The molecule has 2 rings (SSSR count). The van der Waals surface area contributed by atoms with Gasteiger partial charge in [-0.05, 0) is 43.5 Å². The van der Waals surface area contributed by atoms with Crippen molar-refractivity contribution in [2.75, 3.05) is 20.1 Å². The lowest BCUT2D eigenvalue weighted by Gasteiger charge is -2.36. The third-order valence-electron chi connectivity index (χ3n) is 3.56. The van der Waals surface area contributed by atoms with Gasteiger partial charge >= 0.3 is 0 Å². The molecule has 2 atom stereocenters. The number of carbonyl (C=O) groups excluding carboxylic acids is 1. The van der Waals surface area contributed by atoms with Crippen LogP contribution in [-0.2, 0) is 11.2 Å². The van der Waals surface area contributed by atoms with Gasteiger partial charge in [0.1, 0.15) is 5.82 Å². The molecule has 1 aromatic rings. The van der Waals surface area contributed by atoms with E-state index in [1.165, 1.54) is 12.1 Å². The summed E-state index contributed by atoms with van der Waals surface area (Å²) >= 11 is 0. The molecule has 4 heteroatoms. The van der Waals surface area contributed by atoms with E-state index in [1.54, 1.807) is 6.92 Å². The predicted molar refractivity (Wildman–Crippen MR) is 73.3 cm³/mol. The van der Waals surface area contributed by atoms with Gasteiger partial charge in [0.05, 0.1) is 0 Å². The van der Waals surface area contributed by atoms with Crippen molar-refractivity contribution >= 4 is 5.91 Å². The molecule has 0 aliphatic carbocycles. The topological polar surface area (TPSA) is 32.3 Å². The molecule has 1 saturated heterocycles. The highest BCUT2D eigenvalue weighted by molar-refractivity contribution is 5.73. The lowest BCUT2D eigenvalue weighted by Crippen LogP contribution is -2.49. The second-order valence-electron chi connectivity index (χ2n) is 5.55. The minimum Gasteiger partial charge on any atom is -0.352 e. The summed E-state index contributed by atoms with van der Waals surface area (Å²) in [5.74, 6) is 0.336. The molecule has 1 N–H and O–H groups in total. The first-order valence-electron chi connectivity index (χ1n) is 6.73. The van der Waals surface area contributed by atoms with E-state index < -0.39 is 0 Å². The Labute approximate surface area is 113 Å². The SMILES string of the molecule is CC(=O)NC1CC(Cc2ccc(F)cc2)CN(C)C1. The molecule has 1 heterocycles. The zero-order chi connectivity index (χ0) is 13.8. The fraction of sp³-hybridized carbons (Fsp3) is 0.533. The van der Waals surface area contributed by atoms with Crippen molar-refractivity contribution in [1.82, 2.24) is 10.2 Å². The standard InChI is InChI=1S/C15H21FN2O/c1-11(19)17-15-8-13(9-18(2)10-15)7-12-3-5-14(16)6-4-12/h3-6,13,15H,7-10H2,1-2H3,(H,17,19). The molecule has 1 aromatic carbocycles. The average Bonchev–Trinajstić information content (AvgIpc) is 2.30. The molecule has 0 aromatic heterocycles. The zero-order valence-corrected chi connectivity index (χ0v) is 11.5. The normalized spacial score (nSPS) is 24.2. The van der Waals surface area contributed by atoms with Gasteiger partial charge in [0.15, 0.2) is 0 Å². The maximum absolute atomic E-state index is 12.9. The summed E-state index contributed by atoms with van der Waals surface area (Å²) in [5, 5.41) is 3.00. The molecule has 1 fully saturated rings. The van der Waals surface area contributed by atoms with Crippen LogP contribution in [0.3, 0.4) is 0 Å². The molecular weight excluding hydrogens is 243 g/mol. The van der Waals surface area contributed by atoms with Crippen LogP contribution in [0.25, 0.3) is 0 Å². The van der Waals surface area contributed by atoms with Crippen molar-refractivity contribution in [1.29, 1.82) is 0 Å². The molecule has 1 amide bonds. The van der Waals surface area contributed by atoms with Gasteiger partial charge in [-0.25, -0.2) is 4.39 Å².